The molecule has 0 aromatic heterocycles. The normalized spacial score (nSPS) is 18.8. The van der Waals surface area contributed by atoms with E-state index in [1.54, 1.807) is 20.8 Å². The highest BCUT2D eigenvalue weighted by Crippen LogP contribution is 2.33. The van der Waals surface area contributed by atoms with E-state index in [1.165, 1.54) is 0 Å². The number of azide groups is 1. The Morgan fingerprint density at radius 2 is 1.88 bits per heavy atom. The Morgan fingerprint density at radius 3 is 2.46 bits per heavy atom. The molecule has 3 amide bonds. The number of amides is 3. The summed E-state index contributed by atoms with van der Waals surface area (Å²) in [4.78, 5) is 27.3. The molecule has 0 aliphatic carbocycles. The zero-order valence-corrected chi connectivity index (χ0v) is 14.2. The lowest BCUT2D eigenvalue weighted by Crippen LogP contribution is -2.39. The second-order valence-electron chi connectivity index (χ2n) is 6.59. The van der Waals surface area contributed by atoms with Gasteiger partial charge in [0.25, 0.3) is 0 Å². The SMILES string of the molecule is CC(C)(C)OC(=O)NC(=O)N1[C@H](Cc2cc(F)c(F)cc2F)[C@H]1N=[N+]=[N-]. The number of urea groups is 1. The molecule has 0 saturated carbocycles. The highest BCUT2D eigenvalue weighted by molar-refractivity contribution is 5.92. The van der Waals surface area contributed by atoms with Gasteiger partial charge in [0.2, 0.25) is 0 Å². The number of nitrogens with one attached hydrogen (secondary N) is 1. The molecule has 140 valence electrons. The number of halogens is 3. The number of imide groups is 1. The van der Waals surface area contributed by atoms with Gasteiger partial charge in [0, 0.05) is 11.0 Å². The zero-order chi connectivity index (χ0) is 19.6. The first-order valence-corrected chi connectivity index (χ1v) is 7.53. The molecular formula is C15H16F3N5O3. The number of carbonyl (C=O) groups excluding carboxylic acids is 2. The van der Waals surface area contributed by atoms with Crippen LogP contribution in [0.1, 0.15) is 26.3 Å². The Labute approximate surface area is 146 Å². The maximum absolute atomic E-state index is 13.8. The van der Waals surface area contributed by atoms with Gasteiger partial charge in [-0.1, -0.05) is 5.11 Å². The molecule has 1 aliphatic heterocycles. The molecule has 1 aromatic carbocycles. The van der Waals surface area contributed by atoms with Crippen molar-refractivity contribution in [2.24, 2.45) is 5.11 Å². The quantitative estimate of drug-likeness (QED) is 0.288. The second kappa shape index (κ2) is 7.12. The third-order valence-corrected chi connectivity index (χ3v) is 3.43. The molecule has 1 N–H and O–H groups in total. The standard InChI is InChI=1S/C15H16F3N5O3/c1-15(2,3)26-14(25)20-13(24)23-11(12(23)21-22-19)5-7-4-9(17)10(18)6-8(7)16/h4,6,11-12H,5H2,1-3H3,(H,20,24,25)/t11-,12+,23?/m1/s1. The van der Waals surface area contributed by atoms with E-state index in [4.69, 9.17) is 10.3 Å². The van der Waals surface area contributed by atoms with Crippen molar-refractivity contribution in [2.75, 3.05) is 0 Å². The average Bonchev–Trinajstić information content (AvgIpc) is 3.15. The summed E-state index contributed by atoms with van der Waals surface area (Å²) in [5.74, 6) is -3.58. The molecule has 0 spiro atoms. The lowest BCUT2D eigenvalue weighted by molar-refractivity contribution is 0.0542. The third-order valence-electron chi connectivity index (χ3n) is 3.43. The number of rotatable bonds is 3. The lowest BCUT2D eigenvalue weighted by Gasteiger charge is -2.19. The number of hydrogen-bond acceptors (Lipinski definition) is 4. The van der Waals surface area contributed by atoms with Crippen molar-refractivity contribution in [1.29, 1.82) is 0 Å². The molecule has 8 nitrogen and oxygen atoms in total. The first-order valence-electron chi connectivity index (χ1n) is 7.53. The van der Waals surface area contributed by atoms with E-state index in [0.29, 0.717) is 12.1 Å². The van der Waals surface area contributed by atoms with Crippen molar-refractivity contribution >= 4 is 12.1 Å². The highest BCUT2D eigenvalue weighted by atomic mass is 19.2. The van der Waals surface area contributed by atoms with E-state index in [0.717, 1.165) is 4.90 Å². The average molecular weight is 371 g/mol. The Bertz CT molecular complexity index is 789. The summed E-state index contributed by atoms with van der Waals surface area (Å²) in [6.07, 6.45) is -2.23. The topological polar surface area (TPSA) is 107 Å². The van der Waals surface area contributed by atoms with E-state index in [-0.39, 0.29) is 12.0 Å². The van der Waals surface area contributed by atoms with Gasteiger partial charge in [-0.2, -0.15) is 0 Å². The highest BCUT2D eigenvalue weighted by Gasteiger charge is 2.51. The molecule has 1 saturated heterocycles. The monoisotopic (exact) mass is 371 g/mol. The molecule has 0 bridgehead atoms. The van der Waals surface area contributed by atoms with Gasteiger partial charge in [-0.05, 0) is 44.4 Å². The number of alkyl carbamates (subject to hydrolysis) is 1. The summed E-state index contributed by atoms with van der Waals surface area (Å²) < 4.78 is 45.0. The Balaban J connectivity index is 2.09. The maximum Gasteiger partial charge on any atom is 0.415 e. The number of carbonyl (C=O) groups is 2. The number of benzene rings is 1. The molecule has 1 heterocycles. The van der Waals surface area contributed by atoms with Gasteiger partial charge in [-0.3, -0.25) is 0 Å². The summed E-state index contributed by atoms with van der Waals surface area (Å²) in [5.41, 5.74) is 7.53. The van der Waals surface area contributed by atoms with Crippen LogP contribution in [0.3, 0.4) is 0 Å². The van der Waals surface area contributed by atoms with E-state index < -0.39 is 47.4 Å². The number of nitrogens with zero attached hydrogens (tertiary/aromatic N) is 4. The van der Waals surface area contributed by atoms with Crippen LogP contribution >= 0.6 is 0 Å². The van der Waals surface area contributed by atoms with Crippen LogP contribution < -0.4 is 5.32 Å². The fourth-order valence-corrected chi connectivity index (χ4v) is 2.33. The number of ether oxygens (including phenoxy) is 1. The van der Waals surface area contributed by atoms with Gasteiger partial charge < -0.3 is 9.64 Å². The maximum atomic E-state index is 13.8. The van der Waals surface area contributed by atoms with Crippen LogP contribution in [0.5, 0.6) is 0 Å². The summed E-state index contributed by atoms with van der Waals surface area (Å²) in [7, 11) is 0. The van der Waals surface area contributed by atoms with Crippen molar-refractivity contribution in [1.82, 2.24) is 10.2 Å². The number of hydrogen-bond donors (Lipinski definition) is 1. The molecule has 2 rings (SSSR count). The fraction of sp³-hybridized carbons (Fsp3) is 0.467. The lowest BCUT2D eigenvalue weighted by atomic mass is 10.1. The summed E-state index contributed by atoms with van der Waals surface area (Å²) in [6.45, 7) is 4.81. The fourth-order valence-electron chi connectivity index (χ4n) is 2.33. The predicted octanol–water partition coefficient (Wildman–Crippen LogP) is 3.61. The molecule has 2 atom stereocenters. The Hall–Kier alpha value is -2.94. The van der Waals surface area contributed by atoms with Crippen molar-refractivity contribution < 1.29 is 27.5 Å². The molecular weight excluding hydrogens is 355 g/mol. The molecule has 1 aliphatic rings. The van der Waals surface area contributed by atoms with Gasteiger partial charge in [-0.15, -0.1) is 0 Å². The summed E-state index contributed by atoms with van der Waals surface area (Å²) in [6, 6.07) is -0.668. The first kappa shape index (κ1) is 19.4. The predicted molar refractivity (Wildman–Crippen MR) is 83.3 cm³/mol. The van der Waals surface area contributed by atoms with E-state index in [1.807, 2.05) is 5.32 Å². The second-order valence-corrected chi connectivity index (χ2v) is 6.59. The van der Waals surface area contributed by atoms with Crippen molar-refractivity contribution in [3.05, 3.63) is 45.6 Å². The van der Waals surface area contributed by atoms with Crippen LogP contribution in [0.15, 0.2) is 17.2 Å². The minimum Gasteiger partial charge on any atom is -0.443 e. The minimum absolute atomic E-state index is 0.195. The summed E-state index contributed by atoms with van der Waals surface area (Å²) >= 11 is 0. The van der Waals surface area contributed by atoms with E-state index in [2.05, 4.69) is 10.0 Å². The molecule has 11 heteroatoms. The third kappa shape index (κ3) is 4.57. The van der Waals surface area contributed by atoms with Crippen LogP contribution in [0.25, 0.3) is 10.4 Å². The minimum atomic E-state index is -1.34. The van der Waals surface area contributed by atoms with Crippen LogP contribution in [0, 0.1) is 17.5 Å². The molecule has 1 aromatic rings. The van der Waals surface area contributed by atoms with E-state index in [9.17, 15) is 22.8 Å². The largest absolute Gasteiger partial charge is 0.443 e. The molecule has 0 unspecified atom stereocenters. The Kier molecular flexibility index (Phi) is 5.31. The van der Waals surface area contributed by atoms with Crippen LogP contribution in [-0.4, -0.2) is 34.8 Å². The van der Waals surface area contributed by atoms with Crippen molar-refractivity contribution in [2.45, 2.75) is 45.0 Å². The summed E-state index contributed by atoms with van der Waals surface area (Å²) in [5, 5.41) is 5.32. The zero-order valence-electron chi connectivity index (χ0n) is 14.2. The Morgan fingerprint density at radius 1 is 1.27 bits per heavy atom. The van der Waals surface area contributed by atoms with E-state index >= 15 is 0 Å². The van der Waals surface area contributed by atoms with Gasteiger partial charge in [-0.25, -0.2) is 28.1 Å². The first-order chi connectivity index (χ1) is 12.0. The van der Waals surface area contributed by atoms with Gasteiger partial charge >= 0.3 is 12.1 Å². The van der Waals surface area contributed by atoms with Crippen LogP contribution in [0.4, 0.5) is 22.8 Å². The molecule has 26 heavy (non-hydrogen) atoms. The van der Waals surface area contributed by atoms with Crippen molar-refractivity contribution in [3.63, 3.8) is 0 Å². The molecule has 1 fully saturated rings. The van der Waals surface area contributed by atoms with Gasteiger partial charge in [0.15, 0.2) is 11.6 Å². The van der Waals surface area contributed by atoms with Gasteiger partial charge in [0.1, 0.15) is 17.6 Å². The van der Waals surface area contributed by atoms with Crippen molar-refractivity contribution in [3.8, 4) is 0 Å². The van der Waals surface area contributed by atoms with Gasteiger partial charge in [0.05, 0.1) is 6.04 Å². The smallest absolute Gasteiger partial charge is 0.415 e. The van der Waals surface area contributed by atoms with Crippen LogP contribution in [-0.2, 0) is 11.2 Å². The molecule has 0 radical (unpaired) electrons. The van der Waals surface area contributed by atoms with Crippen LogP contribution in [0.2, 0.25) is 0 Å².